The van der Waals surface area contributed by atoms with Crippen molar-refractivity contribution in [3.05, 3.63) is 32.5 Å². The number of hydrogen-bond donors (Lipinski definition) is 1. The predicted octanol–water partition coefficient (Wildman–Crippen LogP) is 2.31. The van der Waals surface area contributed by atoms with Crippen molar-refractivity contribution >= 4 is 21.6 Å². The minimum Gasteiger partial charge on any atom is -0.383 e. The molecule has 0 aliphatic rings. The third-order valence-corrected chi connectivity index (χ3v) is 3.03. The van der Waals surface area contributed by atoms with Gasteiger partial charge in [0.05, 0.1) is 11.5 Å². The van der Waals surface area contributed by atoms with Crippen molar-refractivity contribution in [3.63, 3.8) is 0 Å². The average Bonchev–Trinajstić information content (AvgIpc) is 2.38. The largest absolute Gasteiger partial charge is 0.383 e. The summed E-state index contributed by atoms with van der Waals surface area (Å²) in [4.78, 5) is 14.8. The van der Waals surface area contributed by atoms with E-state index in [1.54, 1.807) is 13.3 Å². The van der Waals surface area contributed by atoms with Crippen molar-refractivity contribution < 1.29 is 9.66 Å². The average molecular weight is 332 g/mol. The number of ether oxygens (including phenoxy) is 1. The molecule has 0 spiro atoms. The van der Waals surface area contributed by atoms with Gasteiger partial charge in [-0.25, -0.2) is 0 Å². The van der Waals surface area contributed by atoms with Crippen LogP contribution >= 0.6 is 15.9 Å². The van der Waals surface area contributed by atoms with E-state index in [4.69, 9.17) is 4.74 Å². The molecular formula is C12H18BrN3O3. The summed E-state index contributed by atoms with van der Waals surface area (Å²) in [6.45, 7) is 3.41. The minimum atomic E-state index is -0.406. The second-order valence-electron chi connectivity index (χ2n) is 4.19. The van der Waals surface area contributed by atoms with Crippen LogP contribution in [-0.4, -0.2) is 36.2 Å². The van der Waals surface area contributed by atoms with Gasteiger partial charge in [-0.3, -0.25) is 15.1 Å². The Hall–Kier alpha value is -1.05. The van der Waals surface area contributed by atoms with Gasteiger partial charge < -0.3 is 10.1 Å². The maximum absolute atomic E-state index is 11.0. The van der Waals surface area contributed by atoms with Gasteiger partial charge in [0.25, 0.3) is 5.69 Å². The van der Waals surface area contributed by atoms with Crippen LogP contribution in [0.4, 0.5) is 5.69 Å². The number of pyridine rings is 1. The van der Waals surface area contributed by atoms with Gasteiger partial charge in [-0.2, -0.15) is 0 Å². The van der Waals surface area contributed by atoms with Crippen molar-refractivity contribution in [2.75, 3.05) is 20.3 Å². The van der Waals surface area contributed by atoms with E-state index in [9.17, 15) is 10.1 Å². The first-order valence-electron chi connectivity index (χ1n) is 6.09. The highest BCUT2D eigenvalue weighted by Gasteiger charge is 2.19. The molecule has 0 fully saturated rings. The first-order valence-corrected chi connectivity index (χ1v) is 6.88. The maximum Gasteiger partial charge on any atom is 0.291 e. The highest BCUT2D eigenvalue weighted by molar-refractivity contribution is 9.10. The van der Waals surface area contributed by atoms with E-state index in [1.165, 1.54) is 6.07 Å². The van der Waals surface area contributed by atoms with Gasteiger partial charge in [0.1, 0.15) is 5.69 Å². The van der Waals surface area contributed by atoms with Crippen LogP contribution in [0.15, 0.2) is 16.7 Å². The lowest BCUT2D eigenvalue weighted by Gasteiger charge is -2.17. The van der Waals surface area contributed by atoms with Gasteiger partial charge in [0.2, 0.25) is 0 Å². The molecule has 1 N–H and O–H groups in total. The van der Waals surface area contributed by atoms with Gasteiger partial charge in [-0.05, 0) is 28.9 Å². The number of nitrogens with zero attached hydrogens (tertiary/aromatic N) is 2. The molecule has 0 bridgehead atoms. The zero-order chi connectivity index (χ0) is 14.3. The van der Waals surface area contributed by atoms with Crippen molar-refractivity contribution in [3.8, 4) is 0 Å². The molecule has 0 radical (unpaired) electrons. The molecule has 0 amide bonds. The molecule has 19 heavy (non-hydrogen) atoms. The topological polar surface area (TPSA) is 77.3 Å². The Morgan fingerprint density at radius 2 is 2.37 bits per heavy atom. The number of aromatic nitrogens is 1. The smallest absolute Gasteiger partial charge is 0.291 e. The van der Waals surface area contributed by atoms with Crippen LogP contribution in [0.3, 0.4) is 0 Å². The summed E-state index contributed by atoms with van der Waals surface area (Å²) in [5.74, 6) is 0. The quantitative estimate of drug-likeness (QED) is 0.584. The lowest BCUT2D eigenvalue weighted by molar-refractivity contribution is -0.386. The van der Waals surface area contributed by atoms with E-state index >= 15 is 0 Å². The van der Waals surface area contributed by atoms with E-state index < -0.39 is 4.92 Å². The molecule has 0 aliphatic heterocycles. The van der Waals surface area contributed by atoms with Crippen molar-refractivity contribution in [1.82, 2.24) is 10.3 Å². The second-order valence-corrected chi connectivity index (χ2v) is 5.10. The van der Waals surface area contributed by atoms with Gasteiger partial charge in [0, 0.05) is 36.3 Å². The first-order chi connectivity index (χ1) is 9.08. The lowest BCUT2D eigenvalue weighted by Crippen LogP contribution is -2.36. The predicted molar refractivity (Wildman–Crippen MR) is 76.3 cm³/mol. The molecule has 0 aliphatic carbocycles. The van der Waals surface area contributed by atoms with Crippen LogP contribution in [0.1, 0.15) is 19.0 Å². The molecule has 6 nitrogen and oxygen atoms in total. The molecule has 1 aromatic rings. The summed E-state index contributed by atoms with van der Waals surface area (Å²) >= 11 is 3.20. The van der Waals surface area contributed by atoms with E-state index in [1.807, 2.05) is 0 Å². The van der Waals surface area contributed by atoms with Crippen LogP contribution in [0, 0.1) is 10.1 Å². The maximum atomic E-state index is 11.0. The van der Waals surface area contributed by atoms with E-state index in [-0.39, 0.29) is 11.7 Å². The Kier molecular flexibility index (Phi) is 6.90. The zero-order valence-electron chi connectivity index (χ0n) is 11.1. The van der Waals surface area contributed by atoms with Crippen LogP contribution in [0.2, 0.25) is 0 Å². The molecule has 1 rings (SSSR count). The van der Waals surface area contributed by atoms with Crippen LogP contribution in [0.5, 0.6) is 0 Å². The summed E-state index contributed by atoms with van der Waals surface area (Å²) in [6.07, 6.45) is 3.04. The van der Waals surface area contributed by atoms with E-state index in [0.29, 0.717) is 23.2 Å². The fraction of sp³-hybridized carbons (Fsp3) is 0.583. The summed E-state index contributed by atoms with van der Waals surface area (Å²) in [7, 11) is 1.62. The monoisotopic (exact) mass is 331 g/mol. The Bertz CT molecular complexity index is 429. The van der Waals surface area contributed by atoms with Gasteiger partial charge >= 0.3 is 0 Å². The number of rotatable bonds is 8. The second kappa shape index (κ2) is 8.19. The van der Waals surface area contributed by atoms with Crippen molar-refractivity contribution in [1.29, 1.82) is 0 Å². The molecule has 7 heteroatoms. The van der Waals surface area contributed by atoms with E-state index in [2.05, 4.69) is 33.2 Å². The highest BCUT2D eigenvalue weighted by atomic mass is 79.9. The molecule has 1 heterocycles. The number of halogens is 1. The molecule has 0 saturated carbocycles. The van der Waals surface area contributed by atoms with Crippen LogP contribution in [-0.2, 0) is 11.2 Å². The molecule has 0 saturated heterocycles. The van der Waals surface area contributed by atoms with Gasteiger partial charge in [0.15, 0.2) is 0 Å². The summed E-state index contributed by atoms with van der Waals surface area (Å²) in [5, 5.41) is 14.3. The highest BCUT2D eigenvalue weighted by Crippen LogP contribution is 2.22. The molecule has 1 unspecified atom stereocenters. The minimum absolute atomic E-state index is 0.0253. The van der Waals surface area contributed by atoms with Gasteiger partial charge in [-0.15, -0.1) is 0 Å². The van der Waals surface area contributed by atoms with Crippen LogP contribution < -0.4 is 5.32 Å². The van der Waals surface area contributed by atoms with Gasteiger partial charge in [-0.1, -0.05) is 6.92 Å². The molecule has 1 atom stereocenters. The first kappa shape index (κ1) is 16.0. The Morgan fingerprint density at radius 1 is 1.63 bits per heavy atom. The Balaban J connectivity index is 2.85. The molecular weight excluding hydrogens is 314 g/mol. The lowest BCUT2D eigenvalue weighted by atomic mass is 10.1. The summed E-state index contributed by atoms with van der Waals surface area (Å²) in [5.41, 5.74) is 0.507. The SMILES string of the molecule is CCCNC(COC)Cc1ncc(Br)cc1[N+](=O)[O-]. The van der Waals surface area contributed by atoms with Crippen LogP contribution in [0.25, 0.3) is 0 Å². The summed E-state index contributed by atoms with van der Waals surface area (Å²) < 4.78 is 5.73. The van der Waals surface area contributed by atoms with Crippen molar-refractivity contribution in [2.24, 2.45) is 0 Å². The fourth-order valence-corrected chi connectivity index (χ4v) is 2.06. The Labute approximate surface area is 120 Å². The third-order valence-electron chi connectivity index (χ3n) is 2.60. The Morgan fingerprint density at radius 3 is 2.95 bits per heavy atom. The molecule has 0 aromatic carbocycles. The number of hydrogen-bond acceptors (Lipinski definition) is 5. The molecule has 1 aromatic heterocycles. The van der Waals surface area contributed by atoms with Crippen molar-refractivity contribution in [2.45, 2.75) is 25.8 Å². The zero-order valence-corrected chi connectivity index (χ0v) is 12.6. The molecule has 106 valence electrons. The number of nitro groups is 1. The van der Waals surface area contributed by atoms with E-state index in [0.717, 1.165) is 13.0 Å². The number of nitrogens with one attached hydrogen (secondary N) is 1. The normalized spacial score (nSPS) is 12.4. The third kappa shape index (κ3) is 5.22. The fourth-order valence-electron chi connectivity index (χ4n) is 1.75. The standard InChI is InChI=1S/C12H18BrN3O3/c1-3-4-14-10(8-19-2)6-11-12(16(17)18)5-9(13)7-15-11/h5,7,10,14H,3-4,6,8H2,1-2H3. The summed E-state index contributed by atoms with van der Waals surface area (Å²) in [6, 6.07) is 1.50. The number of methoxy groups -OCH3 is 1.